The van der Waals surface area contributed by atoms with Gasteiger partial charge in [0.05, 0.1) is 17.2 Å². The molecule has 1 aliphatic rings. The van der Waals surface area contributed by atoms with Crippen molar-refractivity contribution in [2.75, 3.05) is 13.1 Å². The maximum absolute atomic E-state index is 12.7. The number of hydrogen-bond acceptors (Lipinski definition) is 4. The lowest BCUT2D eigenvalue weighted by Gasteiger charge is -2.41. The summed E-state index contributed by atoms with van der Waals surface area (Å²) in [5.74, 6) is -0.153. The molecule has 0 radical (unpaired) electrons. The molecule has 0 saturated carbocycles. The maximum atomic E-state index is 12.7. The van der Waals surface area contributed by atoms with Crippen molar-refractivity contribution in [3.63, 3.8) is 0 Å². The number of rotatable bonds is 4. The van der Waals surface area contributed by atoms with Crippen LogP contribution < -0.4 is 10.9 Å². The van der Waals surface area contributed by atoms with Crippen LogP contribution in [0.25, 0.3) is 10.9 Å². The average molecular weight is 390 g/mol. The van der Waals surface area contributed by atoms with Gasteiger partial charge in [-0.05, 0) is 49.6 Å². The van der Waals surface area contributed by atoms with Crippen molar-refractivity contribution in [2.45, 2.75) is 32.4 Å². The third-order valence-electron chi connectivity index (χ3n) is 5.85. The zero-order valence-electron chi connectivity index (χ0n) is 17.1. The van der Waals surface area contributed by atoms with Crippen LogP contribution in [0.1, 0.15) is 35.3 Å². The highest BCUT2D eigenvalue weighted by Crippen LogP contribution is 2.25. The summed E-state index contributed by atoms with van der Waals surface area (Å²) >= 11 is 0. The lowest BCUT2D eigenvalue weighted by Crippen LogP contribution is -2.53. The number of fused-ring (bicyclic) bond motifs is 2. The molecule has 29 heavy (non-hydrogen) atoms. The molecule has 6 heteroatoms. The van der Waals surface area contributed by atoms with Crippen LogP contribution in [0.3, 0.4) is 0 Å². The van der Waals surface area contributed by atoms with E-state index in [0.29, 0.717) is 23.0 Å². The highest BCUT2D eigenvalue weighted by Gasteiger charge is 2.30. The fourth-order valence-corrected chi connectivity index (χ4v) is 3.87. The molecule has 0 spiro atoms. The highest BCUT2D eigenvalue weighted by atomic mass is 16.1. The smallest absolute Gasteiger partial charge is 0.260 e. The van der Waals surface area contributed by atoms with Crippen LogP contribution >= 0.6 is 0 Å². The van der Waals surface area contributed by atoms with Crippen molar-refractivity contribution < 1.29 is 4.79 Å². The van der Waals surface area contributed by atoms with E-state index >= 15 is 0 Å². The zero-order valence-corrected chi connectivity index (χ0v) is 17.1. The summed E-state index contributed by atoms with van der Waals surface area (Å²) in [4.78, 5) is 31.6. The van der Waals surface area contributed by atoms with Gasteiger partial charge in [-0.25, -0.2) is 4.98 Å². The first kappa shape index (κ1) is 19.3. The SMILES string of the molecule is Cn1cnc2cc(C(=O)NCC(C)(C)N3CCc4ccccc4C3)ccc2c1=O. The Morgan fingerprint density at radius 2 is 1.93 bits per heavy atom. The number of nitrogens with one attached hydrogen (secondary N) is 1. The molecule has 150 valence electrons. The fourth-order valence-electron chi connectivity index (χ4n) is 3.87. The molecule has 1 aromatic heterocycles. The average Bonchev–Trinajstić information content (AvgIpc) is 2.74. The van der Waals surface area contributed by atoms with Gasteiger partial charge in [0.2, 0.25) is 0 Å². The summed E-state index contributed by atoms with van der Waals surface area (Å²) in [6.07, 6.45) is 2.50. The molecule has 0 aliphatic carbocycles. The second-order valence-electron chi connectivity index (χ2n) is 8.33. The Morgan fingerprint density at radius 1 is 1.17 bits per heavy atom. The van der Waals surface area contributed by atoms with Crippen molar-refractivity contribution in [1.82, 2.24) is 19.8 Å². The molecule has 0 bridgehead atoms. The lowest BCUT2D eigenvalue weighted by atomic mass is 9.94. The minimum Gasteiger partial charge on any atom is -0.350 e. The van der Waals surface area contributed by atoms with Crippen LogP contribution in [-0.2, 0) is 20.0 Å². The Labute approximate surface area is 170 Å². The molecule has 1 amide bonds. The van der Waals surface area contributed by atoms with Gasteiger partial charge in [0.15, 0.2) is 0 Å². The van der Waals surface area contributed by atoms with Gasteiger partial charge >= 0.3 is 0 Å². The van der Waals surface area contributed by atoms with Crippen LogP contribution in [0.2, 0.25) is 0 Å². The van der Waals surface area contributed by atoms with Gasteiger partial charge in [-0.3, -0.25) is 14.5 Å². The molecule has 1 aliphatic heterocycles. The van der Waals surface area contributed by atoms with Crippen molar-refractivity contribution in [1.29, 1.82) is 0 Å². The van der Waals surface area contributed by atoms with E-state index in [1.807, 2.05) is 0 Å². The normalized spacial score (nSPS) is 14.6. The van der Waals surface area contributed by atoms with Gasteiger partial charge in [-0.2, -0.15) is 0 Å². The first-order valence-electron chi connectivity index (χ1n) is 9.90. The predicted molar refractivity (Wildman–Crippen MR) is 114 cm³/mol. The predicted octanol–water partition coefficient (Wildman–Crippen LogP) is 2.50. The number of aryl methyl sites for hydroxylation is 1. The van der Waals surface area contributed by atoms with Crippen LogP contribution in [0.4, 0.5) is 0 Å². The number of aromatic nitrogens is 2. The Morgan fingerprint density at radius 3 is 2.72 bits per heavy atom. The second kappa shape index (κ2) is 7.44. The standard InChI is InChI=1S/C23H26N4O2/c1-23(2,27-11-10-16-6-4-5-7-18(16)13-27)14-24-21(28)17-8-9-19-20(12-17)25-15-26(3)22(19)29/h4-9,12,15H,10-11,13-14H2,1-3H3,(H,24,28). The molecule has 2 heterocycles. The molecular formula is C23H26N4O2. The van der Waals surface area contributed by atoms with Crippen LogP contribution in [0.5, 0.6) is 0 Å². The number of carbonyl (C=O) groups excluding carboxylic acids is 1. The van der Waals surface area contributed by atoms with Crippen LogP contribution in [0, 0.1) is 0 Å². The molecule has 3 aromatic rings. The van der Waals surface area contributed by atoms with Crippen LogP contribution in [-0.4, -0.2) is 39.0 Å². The molecule has 0 atom stereocenters. The quantitative estimate of drug-likeness (QED) is 0.743. The Hall–Kier alpha value is -2.99. The summed E-state index contributed by atoms with van der Waals surface area (Å²) in [7, 11) is 1.66. The van der Waals surface area contributed by atoms with E-state index in [1.54, 1.807) is 25.2 Å². The third kappa shape index (κ3) is 3.80. The number of benzene rings is 2. The van der Waals surface area contributed by atoms with E-state index in [0.717, 1.165) is 19.5 Å². The number of nitrogens with zero attached hydrogens (tertiary/aromatic N) is 3. The molecule has 0 fully saturated rings. The monoisotopic (exact) mass is 390 g/mol. The first-order chi connectivity index (χ1) is 13.8. The van der Waals surface area contributed by atoms with E-state index in [9.17, 15) is 9.59 Å². The first-order valence-corrected chi connectivity index (χ1v) is 9.90. The molecule has 0 saturated heterocycles. The number of hydrogen-bond donors (Lipinski definition) is 1. The van der Waals surface area contributed by atoms with Crippen molar-refractivity contribution in [3.05, 3.63) is 75.8 Å². The minimum atomic E-state index is -0.172. The number of amides is 1. The highest BCUT2D eigenvalue weighted by molar-refractivity contribution is 5.97. The summed E-state index contributed by atoms with van der Waals surface area (Å²) in [5, 5.41) is 3.57. The fraction of sp³-hybridized carbons (Fsp3) is 0.348. The van der Waals surface area contributed by atoms with E-state index in [1.165, 1.54) is 22.0 Å². The number of carbonyl (C=O) groups is 1. The van der Waals surface area contributed by atoms with Crippen molar-refractivity contribution in [3.8, 4) is 0 Å². The van der Waals surface area contributed by atoms with Gasteiger partial charge in [0.25, 0.3) is 11.5 Å². The van der Waals surface area contributed by atoms with E-state index in [2.05, 4.69) is 53.3 Å². The van der Waals surface area contributed by atoms with Crippen molar-refractivity contribution in [2.24, 2.45) is 7.05 Å². The van der Waals surface area contributed by atoms with Gasteiger partial charge in [-0.15, -0.1) is 0 Å². The molecule has 2 aromatic carbocycles. The van der Waals surface area contributed by atoms with E-state index < -0.39 is 0 Å². The summed E-state index contributed by atoms with van der Waals surface area (Å²) < 4.78 is 1.43. The topological polar surface area (TPSA) is 67.2 Å². The molecule has 6 nitrogen and oxygen atoms in total. The lowest BCUT2D eigenvalue weighted by molar-refractivity contribution is 0.0826. The Balaban J connectivity index is 1.45. The summed E-state index contributed by atoms with van der Waals surface area (Å²) in [6.45, 7) is 6.72. The maximum Gasteiger partial charge on any atom is 0.260 e. The van der Waals surface area contributed by atoms with Crippen molar-refractivity contribution >= 4 is 16.8 Å². The van der Waals surface area contributed by atoms with Gasteiger partial charge in [-0.1, -0.05) is 24.3 Å². The van der Waals surface area contributed by atoms with E-state index in [-0.39, 0.29) is 17.0 Å². The van der Waals surface area contributed by atoms with Gasteiger partial charge in [0, 0.05) is 37.8 Å². The molecule has 4 rings (SSSR count). The zero-order chi connectivity index (χ0) is 20.6. The summed E-state index contributed by atoms with van der Waals surface area (Å²) in [6, 6.07) is 13.6. The second-order valence-corrected chi connectivity index (χ2v) is 8.33. The largest absolute Gasteiger partial charge is 0.350 e. The molecular weight excluding hydrogens is 364 g/mol. The van der Waals surface area contributed by atoms with Crippen LogP contribution in [0.15, 0.2) is 53.6 Å². The Bertz CT molecular complexity index is 1130. The minimum absolute atomic E-state index is 0.117. The van der Waals surface area contributed by atoms with Gasteiger partial charge < -0.3 is 9.88 Å². The third-order valence-corrected chi connectivity index (χ3v) is 5.85. The molecule has 0 unspecified atom stereocenters. The van der Waals surface area contributed by atoms with Gasteiger partial charge in [0.1, 0.15) is 0 Å². The Kier molecular flexibility index (Phi) is 4.96. The molecule has 1 N–H and O–H groups in total. The summed E-state index contributed by atoms with van der Waals surface area (Å²) in [5.41, 5.74) is 3.53. The van der Waals surface area contributed by atoms with E-state index in [4.69, 9.17) is 0 Å².